The maximum atomic E-state index is 13.5. The Morgan fingerprint density at radius 3 is 2.55 bits per heavy atom. The fourth-order valence-electron chi connectivity index (χ4n) is 8.80. The molecular weight excluding hydrogens is 396 g/mol. The number of hydrogen-bond acceptors (Lipinski definition) is 6. The number of hydrogen-bond donors (Lipinski definition) is 2. The van der Waals surface area contributed by atoms with E-state index in [4.69, 9.17) is 14.2 Å². The largest absolute Gasteiger partial charge is 0.432 e. The third kappa shape index (κ3) is 3.39. The van der Waals surface area contributed by atoms with Crippen molar-refractivity contribution in [2.75, 3.05) is 13.2 Å². The number of carbonyl (C=O) groups excluding carboxylic acids is 1. The summed E-state index contributed by atoms with van der Waals surface area (Å²) in [6.07, 6.45) is 7.44. The highest BCUT2D eigenvalue weighted by atomic mass is 16.7. The molecule has 0 amide bonds. The van der Waals surface area contributed by atoms with Crippen molar-refractivity contribution in [3.05, 3.63) is 0 Å². The fraction of sp³-hybridized carbons (Fsp3) is 0.960. The normalized spacial score (nSPS) is 54.4. The molecule has 5 fully saturated rings. The molecule has 0 aromatic rings. The Labute approximate surface area is 186 Å². The van der Waals surface area contributed by atoms with Crippen LogP contribution in [-0.2, 0) is 19.0 Å². The van der Waals surface area contributed by atoms with Gasteiger partial charge in [-0.1, -0.05) is 13.3 Å². The number of esters is 1. The molecule has 6 heteroatoms. The second-order valence-electron chi connectivity index (χ2n) is 12.1. The van der Waals surface area contributed by atoms with Crippen LogP contribution in [0.2, 0.25) is 0 Å². The molecule has 9 atom stereocenters. The van der Waals surface area contributed by atoms with Crippen LogP contribution in [-0.4, -0.2) is 53.5 Å². The third-order valence-corrected chi connectivity index (χ3v) is 10.2. The summed E-state index contributed by atoms with van der Waals surface area (Å²) in [6, 6.07) is 0. The van der Waals surface area contributed by atoms with Crippen LogP contribution in [0.15, 0.2) is 0 Å². The molecule has 0 radical (unpaired) electrons. The first kappa shape index (κ1) is 22.1. The molecule has 3 aliphatic carbocycles. The van der Waals surface area contributed by atoms with Crippen LogP contribution >= 0.6 is 0 Å². The standard InChI is InChI=1S/C25H40O6/c1-22-9-5-19-23(2)7-4-8-24(3,18(23)6-10-25(19,15-22)11-12-30-22)21(28)31-20-17(27)13-16(26)14-29-20/h16-20,26-27H,4-15H2,1-3H3. The highest BCUT2D eigenvalue weighted by molar-refractivity contribution is 5.77. The fourth-order valence-corrected chi connectivity index (χ4v) is 8.80. The molecule has 2 heterocycles. The molecule has 0 aromatic carbocycles. The number of fused-ring (bicyclic) bond motifs is 3. The monoisotopic (exact) mass is 436 g/mol. The van der Waals surface area contributed by atoms with E-state index in [1.54, 1.807) is 0 Å². The Morgan fingerprint density at radius 2 is 1.77 bits per heavy atom. The lowest BCUT2D eigenvalue weighted by molar-refractivity contribution is -0.255. The van der Waals surface area contributed by atoms with E-state index in [0.717, 1.165) is 38.7 Å². The molecule has 2 bridgehead atoms. The minimum Gasteiger partial charge on any atom is -0.432 e. The predicted molar refractivity (Wildman–Crippen MR) is 114 cm³/mol. The van der Waals surface area contributed by atoms with E-state index in [1.165, 1.54) is 25.7 Å². The number of ether oxygens (including phenoxy) is 3. The van der Waals surface area contributed by atoms with Gasteiger partial charge >= 0.3 is 5.97 Å². The van der Waals surface area contributed by atoms with Gasteiger partial charge in [-0.25, -0.2) is 0 Å². The lowest BCUT2D eigenvalue weighted by atomic mass is 9.39. The molecule has 31 heavy (non-hydrogen) atoms. The molecule has 176 valence electrons. The van der Waals surface area contributed by atoms with Crippen LogP contribution < -0.4 is 0 Å². The first-order valence-electron chi connectivity index (χ1n) is 12.4. The average molecular weight is 437 g/mol. The van der Waals surface area contributed by atoms with Gasteiger partial charge in [-0.15, -0.1) is 0 Å². The first-order valence-corrected chi connectivity index (χ1v) is 12.4. The molecule has 6 nitrogen and oxygen atoms in total. The average Bonchev–Trinajstić information content (AvgIpc) is 2.68. The quantitative estimate of drug-likeness (QED) is 0.644. The zero-order valence-corrected chi connectivity index (χ0v) is 19.4. The Hall–Kier alpha value is -0.690. The lowest BCUT2D eigenvalue weighted by Crippen LogP contribution is -2.63. The smallest absolute Gasteiger partial charge is 0.314 e. The predicted octanol–water partition coefficient (Wildman–Crippen LogP) is 3.57. The van der Waals surface area contributed by atoms with Gasteiger partial charge in [0.25, 0.3) is 0 Å². The molecule has 2 N–H and O–H groups in total. The van der Waals surface area contributed by atoms with Crippen molar-refractivity contribution in [3.8, 4) is 0 Å². The van der Waals surface area contributed by atoms with Gasteiger partial charge in [0.15, 0.2) is 0 Å². The molecule has 5 aliphatic rings. The third-order valence-electron chi connectivity index (χ3n) is 10.2. The van der Waals surface area contributed by atoms with Crippen LogP contribution in [0.1, 0.15) is 85.0 Å². The van der Waals surface area contributed by atoms with E-state index < -0.39 is 23.9 Å². The minimum atomic E-state index is -0.973. The van der Waals surface area contributed by atoms with Gasteiger partial charge in [0, 0.05) is 13.0 Å². The van der Waals surface area contributed by atoms with Gasteiger partial charge in [0.05, 0.1) is 23.7 Å². The summed E-state index contributed by atoms with van der Waals surface area (Å²) < 4.78 is 17.4. The second-order valence-corrected chi connectivity index (χ2v) is 12.1. The summed E-state index contributed by atoms with van der Waals surface area (Å²) in [6.45, 7) is 7.81. The number of carbonyl (C=O) groups is 1. The molecule has 1 spiro atoms. The first-order chi connectivity index (χ1) is 14.6. The minimum absolute atomic E-state index is 0.0356. The molecule has 3 saturated carbocycles. The molecule has 0 aromatic heterocycles. The number of aliphatic hydroxyl groups is 2. The van der Waals surface area contributed by atoms with E-state index in [2.05, 4.69) is 20.8 Å². The zero-order chi connectivity index (χ0) is 22.1. The van der Waals surface area contributed by atoms with Crippen molar-refractivity contribution in [1.82, 2.24) is 0 Å². The van der Waals surface area contributed by atoms with Crippen molar-refractivity contribution in [2.45, 2.75) is 109 Å². The number of aliphatic hydroxyl groups excluding tert-OH is 2. The zero-order valence-electron chi connectivity index (χ0n) is 19.4. The Bertz CT molecular complexity index is 727. The van der Waals surface area contributed by atoms with Crippen molar-refractivity contribution in [2.24, 2.45) is 28.1 Å². The maximum Gasteiger partial charge on any atom is 0.314 e. The lowest BCUT2D eigenvalue weighted by Gasteiger charge is -2.67. The molecule has 9 unspecified atom stereocenters. The molecule has 2 aliphatic heterocycles. The van der Waals surface area contributed by atoms with E-state index >= 15 is 0 Å². The second kappa shape index (κ2) is 7.41. The number of rotatable bonds is 2. The summed E-state index contributed by atoms with van der Waals surface area (Å²) in [7, 11) is 0. The van der Waals surface area contributed by atoms with Crippen molar-refractivity contribution >= 4 is 5.97 Å². The Balaban J connectivity index is 1.38. The Kier molecular flexibility index (Phi) is 5.29. The maximum absolute atomic E-state index is 13.5. The van der Waals surface area contributed by atoms with Gasteiger partial charge in [-0.05, 0) is 87.9 Å². The summed E-state index contributed by atoms with van der Waals surface area (Å²) in [5.41, 5.74) is -0.0316. The van der Waals surface area contributed by atoms with Gasteiger partial charge in [-0.2, -0.15) is 0 Å². The van der Waals surface area contributed by atoms with Crippen LogP contribution in [0.3, 0.4) is 0 Å². The Morgan fingerprint density at radius 1 is 1.00 bits per heavy atom. The summed E-state index contributed by atoms with van der Waals surface area (Å²) in [5.74, 6) is 0.692. The topological polar surface area (TPSA) is 85.2 Å². The van der Waals surface area contributed by atoms with Crippen LogP contribution in [0, 0.1) is 28.1 Å². The van der Waals surface area contributed by atoms with Crippen molar-refractivity contribution < 1.29 is 29.2 Å². The van der Waals surface area contributed by atoms with Gasteiger partial charge in [-0.3, -0.25) is 4.79 Å². The summed E-state index contributed by atoms with van der Waals surface area (Å²) in [5, 5.41) is 19.9. The summed E-state index contributed by atoms with van der Waals surface area (Å²) in [4.78, 5) is 13.5. The highest BCUT2D eigenvalue weighted by Crippen LogP contribution is 2.70. The van der Waals surface area contributed by atoms with E-state index in [1.807, 2.05) is 0 Å². The van der Waals surface area contributed by atoms with Gasteiger partial charge in [0.2, 0.25) is 6.29 Å². The van der Waals surface area contributed by atoms with E-state index in [0.29, 0.717) is 11.3 Å². The van der Waals surface area contributed by atoms with Crippen molar-refractivity contribution in [1.29, 1.82) is 0 Å². The SMILES string of the molecule is CC12CCC3C(CCO1)(CCC1C(C)(C(=O)OC4OCC(O)CC4O)CCCC31C)C2. The van der Waals surface area contributed by atoms with Gasteiger partial charge < -0.3 is 24.4 Å². The van der Waals surface area contributed by atoms with Crippen LogP contribution in [0.5, 0.6) is 0 Å². The van der Waals surface area contributed by atoms with E-state index in [9.17, 15) is 15.0 Å². The van der Waals surface area contributed by atoms with Gasteiger partial charge in [0.1, 0.15) is 6.10 Å². The molecular formula is C25H40O6. The highest BCUT2D eigenvalue weighted by Gasteiger charge is 2.65. The molecule has 5 rings (SSSR count). The van der Waals surface area contributed by atoms with Crippen LogP contribution in [0.25, 0.3) is 0 Å². The van der Waals surface area contributed by atoms with Crippen LogP contribution in [0.4, 0.5) is 0 Å². The van der Waals surface area contributed by atoms with E-state index in [-0.39, 0.29) is 35.9 Å². The summed E-state index contributed by atoms with van der Waals surface area (Å²) >= 11 is 0. The molecule has 2 saturated heterocycles. The van der Waals surface area contributed by atoms with Crippen molar-refractivity contribution in [3.63, 3.8) is 0 Å².